The lowest BCUT2D eigenvalue weighted by Crippen LogP contribution is -2.41. The summed E-state index contributed by atoms with van der Waals surface area (Å²) in [6, 6.07) is 16.5. The van der Waals surface area contributed by atoms with E-state index in [4.69, 9.17) is 21.7 Å². The number of hydrogen-bond acceptors (Lipinski definition) is 3. The van der Waals surface area contributed by atoms with Crippen molar-refractivity contribution in [3.63, 3.8) is 0 Å². The summed E-state index contributed by atoms with van der Waals surface area (Å²) in [6.07, 6.45) is 8.08. The second-order valence-electron chi connectivity index (χ2n) is 7.36. The van der Waals surface area contributed by atoms with Crippen molar-refractivity contribution in [1.29, 1.82) is 0 Å². The molecule has 0 aromatic heterocycles. The highest BCUT2D eigenvalue weighted by molar-refractivity contribution is 7.80. The minimum Gasteiger partial charge on any atom is -0.454 e. The Morgan fingerprint density at radius 1 is 1.04 bits per heavy atom. The van der Waals surface area contributed by atoms with E-state index in [1.165, 1.54) is 17.5 Å². The maximum absolute atomic E-state index is 5.78. The number of benzene rings is 2. The third kappa shape index (κ3) is 4.84. The van der Waals surface area contributed by atoms with Gasteiger partial charge in [-0.05, 0) is 60.7 Å². The normalized spacial score (nSPS) is 17.4. The number of allylic oxidation sites excluding steroid dienone is 2. The second-order valence-corrected chi connectivity index (χ2v) is 7.75. The van der Waals surface area contributed by atoms with Crippen LogP contribution in [0.4, 0.5) is 0 Å². The number of fused-ring (bicyclic) bond motifs is 1. The Hall–Kier alpha value is -2.53. The van der Waals surface area contributed by atoms with Crippen LogP contribution in [-0.2, 0) is 13.1 Å². The molecule has 0 amide bonds. The van der Waals surface area contributed by atoms with E-state index in [2.05, 4.69) is 58.8 Å². The van der Waals surface area contributed by atoms with Crippen molar-refractivity contribution in [1.82, 2.24) is 10.2 Å². The predicted molar refractivity (Wildman–Crippen MR) is 115 cm³/mol. The summed E-state index contributed by atoms with van der Waals surface area (Å²) in [5.41, 5.74) is 2.41. The van der Waals surface area contributed by atoms with Crippen LogP contribution in [0.15, 0.2) is 60.7 Å². The lowest BCUT2D eigenvalue weighted by Gasteiger charge is -2.31. The van der Waals surface area contributed by atoms with Crippen LogP contribution in [0.25, 0.3) is 0 Å². The van der Waals surface area contributed by atoms with Crippen LogP contribution < -0.4 is 14.8 Å². The van der Waals surface area contributed by atoms with Gasteiger partial charge in [0, 0.05) is 19.6 Å². The van der Waals surface area contributed by atoms with Crippen molar-refractivity contribution in [2.45, 2.75) is 32.4 Å². The molecule has 1 aliphatic carbocycles. The van der Waals surface area contributed by atoms with Crippen LogP contribution >= 0.6 is 12.2 Å². The Kier molecular flexibility index (Phi) is 6.12. The molecule has 1 N–H and O–H groups in total. The summed E-state index contributed by atoms with van der Waals surface area (Å²) in [6.45, 7) is 2.76. The zero-order valence-corrected chi connectivity index (χ0v) is 16.8. The molecule has 0 saturated heterocycles. The molecule has 146 valence electrons. The van der Waals surface area contributed by atoms with Gasteiger partial charge in [-0.25, -0.2) is 0 Å². The van der Waals surface area contributed by atoms with Gasteiger partial charge in [0.2, 0.25) is 6.79 Å². The Labute approximate surface area is 172 Å². The standard InChI is InChI=1S/C23H26N2O2S/c28-23(24-14-18-7-3-1-4-8-18)25(15-19-9-5-2-6-10-19)16-20-11-12-21-22(13-20)27-17-26-21/h1-5,7-8,11-13,19H,6,9-10,14-17H2,(H,24,28). The molecule has 0 radical (unpaired) electrons. The Morgan fingerprint density at radius 2 is 1.89 bits per heavy atom. The fourth-order valence-corrected chi connectivity index (χ4v) is 3.91. The van der Waals surface area contributed by atoms with Gasteiger partial charge in [-0.15, -0.1) is 0 Å². The molecular formula is C23H26N2O2S. The first kappa shape index (κ1) is 18.8. The van der Waals surface area contributed by atoms with Crippen molar-refractivity contribution in [3.8, 4) is 11.5 Å². The molecule has 2 aliphatic rings. The van der Waals surface area contributed by atoms with Gasteiger partial charge >= 0.3 is 0 Å². The molecule has 1 atom stereocenters. The predicted octanol–water partition coefficient (Wildman–Crippen LogP) is 4.65. The van der Waals surface area contributed by atoms with Crippen LogP contribution in [0.5, 0.6) is 11.5 Å². The molecule has 1 unspecified atom stereocenters. The molecule has 2 aromatic rings. The van der Waals surface area contributed by atoms with Crippen molar-refractivity contribution in [3.05, 3.63) is 71.8 Å². The summed E-state index contributed by atoms with van der Waals surface area (Å²) < 4.78 is 11.0. The van der Waals surface area contributed by atoms with E-state index in [1.54, 1.807) is 0 Å². The number of thiocarbonyl (C=S) groups is 1. The number of nitrogens with one attached hydrogen (secondary N) is 1. The number of ether oxygens (including phenoxy) is 2. The quantitative estimate of drug-likeness (QED) is 0.570. The third-order valence-corrected chi connectivity index (χ3v) is 5.64. The third-order valence-electron chi connectivity index (χ3n) is 5.24. The molecule has 1 heterocycles. The first-order valence-electron chi connectivity index (χ1n) is 9.88. The lowest BCUT2D eigenvalue weighted by molar-refractivity contribution is 0.174. The summed E-state index contributed by atoms with van der Waals surface area (Å²) in [5, 5.41) is 4.25. The minimum atomic E-state index is 0.300. The number of hydrogen-bond donors (Lipinski definition) is 1. The number of rotatable bonds is 6. The molecule has 4 nitrogen and oxygen atoms in total. The fraction of sp³-hybridized carbons (Fsp3) is 0.348. The van der Waals surface area contributed by atoms with Crippen LogP contribution in [0.2, 0.25) is 0 Å². The topological polar surface area (TPSA) is 33.7 Å². The summed E-state index contributed by atoms with van der Waals surface area (Å²) >= 11 is 5.78. The van der Waals surface area contributed by atoms with Crippen molar-refractivity contribution < 1.29 is 9.47 Å². The van der Waals surface area contributed by atoms with E-state index in [9.17, 15) is 0 Å². The smallest absolute Gasteiger partial charge is 0.231 e. The van der Waals surface area contributed by atoms with E-state index >= 15 is 0 Å². The minimum absolute atomic E-state index is 0.300. The largest absolute Gasteiger partial charge is 0.454 e. The van der Waals surface area contributed by atoms with Gasteiger partial charge in [0.05, 0.1) is 0 Å². The van der Waals surface area contributed by atoms with Crippen molar-refractivity contribution in [2.75, 3.05) is 13.3 Å². The van der Waals surface area contributed by atoms with E-state index in [0.29, 0.717) is 12.7 Å². The highest BCUT2D eigenvalue weighted by atomic mass is 32.1. The average molecular weight is 395 g/mol. The van der Waals surface area contributed by atoms with E-state index in [0.717, 1.165) is 49.1 Å². The molecule has 5 heteroatoms. The maximum Gasteiger partial charge on any atom is 0.231 e. The van der Waals surface area contributed by atoms with Crippen molar-refractivity contribution >= 4 is 17.3 Å². The van der Waals surface area contributed by atoms with Crippen LogP contribution in [-0.4, -0.2) is 23.4 Å². The highest BCUT2D eigenvalue weighted by Gasteiger charge is 2.19. The summed E-state index contributed by atoms with van der Waals surface area (Å²) in [4.78, 5) is 2.29. The first-order valence-corrected chi connectivity index (χ1v) is 10.3. The molecule has 0 fully saturated rings. The summed E-state index contributed by atoms with van der Waals surface area (Å²) in [5.74, 6) is 2.27. The lowest BCUT2D eigenvalue weighted by atomic mass is 9.94. The zero-order chi connectivity index (χ0) is 19.2. The van der Waals surface area contributed by atoms with Gasteiger partial charge in [0.1, 0.15) is 0 Å². The molecule has 1 aliphatic heterocycles. The monoisotopic (exact) mass is 394 g/mol. The number of nitrogens with zero attached hydrogens (tertiary/aromatic N) is 1. The average Bonchev–Trinajstić information content (AvgIpc) is 3.21. The van der Waals surface area contributed by atoms with Gasteiger partial charge in [-0.1, -0.05) is 48.6 Å². The van der Waals surface area contributed by atoms with Gasteiger partial charge in [-0.2, -0.15) is 0 Å². The van der Waals surface area contributed by atoms with Gasteiger partial charge in [0.15, 0.2) is 16.6 Å². The molecule has 0 saturated carbocycles. The van der Waals surface area contributed by atoms with Crippen molar-refractivity contribution in [2.24, 2.45) is 5.92 Å². The molecular weight excluding hydrogens is 368 g/mol. The van der Waals surface area contributed by atoms with Crippen LogP contribution in [0, 0.1) is 5.92 Å². The van der Waals surface area contributed by atoms with E-state index in [1.807, 2.05) is 12.1 Å². The van der Waals surface area contributed by atoms with E-state index < -0.39 is 0 Å². The van der Waals surface area contributed by atoms with E-state index in [-0.39, 0.29) is 0 Å². The Morgan fingerprint density at radius 3 is 2.71 bits per heavy atom. The molecule has 2 aromatic carbocycles. The van der Waals surface area contributed by atoms with Crippen LogP contribution in [0.3, 0.4) is 0 Å². The second kappa shape index (κ2) is 9.11. The fourth-order valence-electron chi connectivity index (χ4n) is 3.70. The van der Waals surface area contributed by atoms with Crippen LogP contribution in [0.1, 0.15) is 30.4 Å². The molecule has 4 rings (SSSR count). The summed E-state index contributed by atoms with van der Waals surface area (Å²) in [7, 11) is 0. The SMILES string of the molecule is S=C(NCc1ccccc1)N(Cc1ccc2c(c1)OCO2)CC1CC=CCC1. The molecule has 0 spiro atoms. The molecule has 28 heavy (non-hydrogen) atoms. The van der Waals surface area contributed by atoms with Gasteiger partial charge < -0.3 is 19.7 Å². The Bertz CT molecular complexity index is 838. The van der Waals surface area contributed by atoms with Gasteiger partial charge in [-0.3, -0.25) is 0 Å². The molecule has 0 bridgehead atoms. The Balaban J connectivity index is 1.44. The maximum atomic E-state index is 5.78. The highest BCUT2D eigenvalue weighted by Crippen LogP contribution is 2.33. The zero-order valence-electron chi connectivity index (χ0n) is 16.0. The van der Waals surface area contributed by atoms with Gasteiger partial charge in [0.25, 0.3) is 0 Å². The first-order chi connectivity index (χ1) is 13.8.